The van der Waals surface area contributed by atoms with Gasteiger partial charge in [0.2, 0.25) is 10.0 Å². The summed E-state index contributed by atoms with van der Waals surface area (Å²) in [5.41, 5.74) is 1.90. The molecule has 0 aromatic heterocycles. The third-order valence-corrected chi connectivity index (χ3v) is 6.76. The molecule has 2 aliphatic rings. The summed E-state index contributed by atoms with van der Waals surface area (Å²) in [6, 6.07) is 6.88. The molecule has 120 valence electrons. The van der Waals surface area contributed by atoms with Crippen molar-refractivity contribution in [3.8, 4) is 0 Å². The first kappa shape index (κ1) is 15.7. The molecule has 5 heteroatoms. The van der Waals surface area contributed by atoms with Gasteiger partial charge in [-0.2, -0.15) is 4.31 Å². The zero-order valence-corrected chi connectivity index (χ0v) is 13.9. The predicted octanol–water partition coefficient (Wildman–Crippen LogP) is 2.62. The van der Waals surface area contributed by atoms with Crippen molar-refractivity contribution < 1.29 is 13.5 Å². The highest BCUT2D eigenvalue weighted by molar-refractivity contribution is 7.89. The number of nitrogens with zero attached hydrogens (tertiary/aromatic N) is 1. The van der Waals surface area contributed by atoms with Gasteiger partial charge in [0.25, 0.3) is 0 Å². The minimum atomic E-state index is -3.52. The average molecular weight is 321 g/mol. The Kier molecular flexibility index (Phi) is 4.14. The molecule has 22 heavy (non-hydrogen) atoms. The van der Waals surface area contributed by atoms with Crippen LogP contribution in [0, 0.1) is 6.92 Å². The molecule has 3 rings (SSSR count). The first-order chi connectivity index (χ1) is 10.4. The Balaban J connectivity index is 2.02. The van der Waals surface area contributed by atoms with E-state index < -0.39 is 16.1 Å². The van der Waals surface area contributed by atoms with Gasteiger partial charge in [-0.1, -0.05) is 23.8 Å². The van der Waals surface area contributed by atoms with Crippen molar-refractivity contribution in [3.63, 3.8) is 0 Å². The van der Waals surface area contributed by atoms with E-state index >= 15 is 0 Å². The second-order valence-electron chi connectivity index (χ2n) is 6.35. The number of rotatable bonds is 3. The molecule has 1 aromatic carbocycles. The van der Waals surface area contributed by atoms with Gasteiger partial charge < -0.3 is 5.11 Å². The Labute approximate surface area is 132 Å². The highest BCUT2D eigenvalue weighted by atomic mass is 32.2. The smallest absolute Gasteiger partial charge is 0.243 e. The summed E-state index contributed by atoms with van der Waals surface area (Å²) in [5.74, 6) is 0. The summed E-state index contributed by atoms with van der Waals surface area (Å²) in [6.45, 7) is 3.67. The maximum Gasteiger partial charge on any atom is 0.243 e. The first-order valence-electron chi connectivity index (χ1n) is 7.89. The standard InChI is InChI=1S/C17H23NO3S/c1-12-6-9-15(10-7-12)22(20,21)18-14-4-3-5-16(13(2)19)17(18)11-8-14/h5-7,9-10,13-14,17,19H,3-4,8,11H2,1-2H3/t13?,14-,17-/m1/s1. The Morgan fingerprint density at radius 1 is 1.18 bits per heavy atom. The monoisotopic (exact) mass is 321 g/mol. The molecule has 3 atom stereocenters. The number of aliphatic hydroxyl groups excluding tert-OH is 1. The molecule has 1 aromatic rings. The average Bonchev–Trinajstić information content (AvgIpc) is 2.75. The molecule has 0 aliphatic carbocycles. The summed E-state index contributed by atoms with van der Waals surface area (Å²) in [6.07, 6.45) is 4.77. The van der Waals surface area contributed by atoms with Gasteiger partial charge in [-0.3, -0.25) is 0 Å². The van der Waals surface area contributed by atoms with Crippen LogP contribution in [-0.2, 0) is 10.0 Å². The van der Waals surface area contributed by atoms with E-state index in [9.17, 15) is 13.5 Å². The van der Waals surface area contributed by atoms with Gasteiger partial charge in [0.15, 0.2) is 0 Å². The van der Waals surface area contributed by atoms with Gasteiger partial charge in [-0.05, 0) is 57.2 Å². The van der Waals surface area contributed by atoms with Crippen molar-refractivity contribution in [1.82, 2.24) is 4.31 Å². The second-order valence-corrected chi connectivity index (χ2v) is 8.20. The molecular formula is C17H23NO3S. The fourth-order valence-corrected chi connectivity index (χ4v) is 5.56. The topological polar surface area (TPSA) is 57.6 Å². The molecule has 0 amide bonds. The summed E-state index contributed by atoms with van der Waals surface area (Å²) < 4.78 is 27.9. The Hall–Kier alpha value is -1.17. The lowest BCUT2D eigenvalue weighted by atomic mass is 9.97. The molecule has 0 radical (unpaired) electrons. The van der Waals surface area contributed by atoms with Crippen molar-refractivity contribution in [1.29, 1.82) is 0 Å². The number of hydrogen-bond acceptors (Lipinski definition) is 3. The number of aliphatic hydroxyl groups is 1. The second kappa shape index (κ2) is 5.80. The van der Waals surface area contributed by atoms with E-state index in [1.165, 1.54) is 0 Å². The summed E-state index contributed by atoms with van der Waals surface area (Å²) in [5, 5.41) is 10.0. The van der Waals surface area contributed by atoms with Crippen LogP contribution in [-0.4, -0.2) is 36.0 Å². The molecule has 0 saturated carbocycles. The summed E-state index contributed by atoms with van der Waals surface area (Å²) in [7, 11) is -3.52. The van der Waals surface area contributed by atoms with Crippen molar-refractivity contribution >= 4 is 10.0 Å². The quantitative estimate of drug-likeness (QED) is 0.871. The van der Waals surface area contributed by atoms with E-state index in [1.807, 2.05) is 25.1 Å². The van der Waals surface area contributed by atoms with E-state index in [1.54, 1.807) is 23.4 Å². The molecule has 1 fully saturated rings. The molecule has 1 saturated heterocycles. The van der Waals surface area contributed by atoms with Crippen molar-refractivity contribution in [2.24, 2.45) is 0 Å². The van der Waals surface area contributed by atoms with Gasteiger partial charge in [0.1, 0.15) is 0 Å². The molecule has 1 unspecified atom stereocenters. The Morgan fingerprint density at radius 2 is 1.86 bits per heavy atom. The molecule has 0 spiro atoms. The van der Waals surface area contributed by atoms with Crippen LogP contribution in [0.4, 0.5) is 0 Å². The fourth-order valence-electron chi connectivity index (χ4n) is 3.67. The Morgan fingerprint density at radius 3 is 2.50 bits per heavy atom. The van der Waals surface area contributed by atoms with Crippen LogP contribution in [0.25, 0.3) is 0 Å². The largest absolute Gasteiger partial charge is 0.389 e. The lowest BCUT2D eigenvalue weighted by Crippen LogP contribution is -2.42. The lowest BCUT2D eigenvalue weighted by molar-refractivity contribution is 0.210. The zero-order chi connectivity index (χ0) is 15.9. The predicted molar refractivity (Wildman–Crippen MR) is 86.0 cm³/mol. The van der Waals surface area contributed by atoms with Gasteiger partial charge in [-0.25, -0.2) is 8.42 Å². The van der Waals surface area contributed by atoms with Crippen LogP contribution < -0.4 is 0 Å². The van der Waals surface area contributed by atoms with Gasteiger partial charge in [0.05, 0.1) is 11.0 Å². The van der Waals surface area contributed by atoms with Gasteiger partial charge in [0, 0.05) is 12.1 Å². The van der Waals surface area contributed by atoms with E-state index in [4.69, 9.17) is 0 Å². The van der Waals surface area contributed by atoms with Gasteiger partial charge in [-0.15, -0.1) is 0 Å². The molecule has 2 bridgehead atoms. The van der Waals surface area contributed by atoms with Crippen LogP contribution in [0.5, 0.6) is 0 Å². The number of allylic oxidation sites excluding steroid dienone is 1. The number of aryl methyl sites for hydroxylation is 1. The van der Waals surface area contributed by atoms with E-state index in [0.29, 0.717) is 4.90 Å². The molecular weight excluding hydrogens is 298 g/mol. The third kappa shape index (κ3) is 2.62. The lowest BCUT2D eigenvalue weighted by Gasteiger charge is -2.30. The number of benzene rings is 1. The summed E-state index contributed by atoms with van der Waals surface area (Å²) >= 11 is 0. The van der Waals surface area contributed by atoms with Crippen molar-refractivity contribution in [2.75, 3.05) is 0 Å². The highest BCUT2D eigenvalue weighted by Crippen LogP contribution is 2.39. The van der Waals surface area contributed by atoms with Crippen molar-refractivity contribution in [2.45, 2.75) is 62.6 Å². The maximum atomic E-state index is 13.1. The SMILES string of the molecule is Cc1ccc(S(=O)(=O)N2[C@@H]3CCC=C(C(C)O)[C@H]2CC3)cc1. The van der Waals surface area contributed by atoms with E-state index in [2.05, 4.69) is 0 Å². The molecule has 1 N–H and O–H groups in total. The van der Waals surface area contributed by atoms with Crippen molar-refractivity contribution in [3.05, 3.63) is 41.5 Å². The van der Waals surface area contributed by atoms with Crippen LogP contribution in [0.2, 0.25) is 0 Å². The van der Waals surface area contributed by atoms with E-state index in [-0.39, 0.29) is 12.1 Å². The molecule has 2 heterocycles. The minimum Gasteiger partial charge on any atom is -0.389 e. The number of fused-ring (bicyclic) bond motifs is 2. The minimum absolute atomic E-state index is 0.0452. The Bertz CT molecular complexity index is 676. The number of hydrogen-bond donors (Lipinski definition) is 1. The fraction of sp³-hybridized carbons (Fsp3) is 0.529. The number of sulfonamides is 1. The van der Waals surface area contributed by atoms with Crippen LogP contribution in [0.3, 0.4) is 0 Å². The van der Waals surface area contributed by atoms with Crippen LogP contribution in [0.1, 0.15) is 38.2 Å². The highest BCUT2D eigenvalue weighted by Gasteiger charge is 2.45. The van der Waals surface area contributed by atoms with Crippen LogP contribution in [0.15, 0.2) is 40.8 Å². The summed E-state index contributed by atoms with van der Waals surface area (Å²) in [4.78, 5) is 0.349. The zero-order valence-electron chi connectivity index (χ0n) is 13.1. The first-order valence-corrected chi connectivity index (χ1v) is 9.33. The van der Waals surface area contributed by atoms with Crippen LogP contribution >= 0.6 is 0 Å². The van der Waals surface area contributed by atoms with E-state index in [0.717, 1.165) is 36.8 Å². The maximum absolute atomic E-state index is 13.1. The molecule has 4 nitrogen and oxygen atoms in total. The molecule has 2 aliphatic heterocycles. The van der Waals surface area contributed by atoms with Gasteiger partial charge >= 0.3 is 0 Å². The normalized spacial score (nSPS) is 27.3. The third-order valence-electron chi connectivity index (χ3n) is 4.78.